The Morgan fingerprint density at radius 1 is 1.82 bits per heavy atom. The molecule has 0 fully saturated rings. The monoisotopic (exact) mass is 152 g/mol. The Kier molecular flexibility index (Phi) is 1.72. The lowest BCUT2D eigenvalue weighted by molar-refractivity contribution is 0.249. The molecule has 1 amide bonds. The fourth-order valence-corrected chi connectivity index (χ4v) is 0.625. The first-order chi connectivity index (χ1) is 5.11. The molecule has 0 aromatic carbocycles. The third-order valence-electron chi connectivity index (χ3n) is 1.09. The third kappa shape index (κ3) is 1.43. The molecule has 0 saturated carbocycles. The van der Waals surface area contributed by atoms with Gasteiger partial charge in [0, 0.05) is 6.20 Å². The summed E-state index contributed by atoms with van der Waals surface area (Å²) in [5, 5.41) is 0. The summed E-state index contributed by atoms with van der Waals surface area (Å²) in [7, 11) is 0. The van der Waals surface area contributed by atoms with Crippen molar-refractivity contribution in [2.75, 3.05) is 0 Å². The number of nitrogens with zero attached hydrogens (tertiary/aromatic N) is 2. The number of rotatable bonds is 0. The summed E-state index contributed by atoms with van der Waals surface area (Å²) < 4.78 is 0.728. The van der Waals surface area contributed by atoms with Crippen molar-refractivity contribution in [2.24, 2.45) is 5.73 Å². The van der Waals surface area contributed by atoms with Crippen molar-refractivity contribution >= 4 is 6.03 Å². The van der Waals surface area contributed by atoms with E-state index in [0.29, 0.717) is 5.56 Å². The van der Waals surface area contributed by atoms with Gasteiger partial charge >= 0.3 is 11.7 Å². The van der Waals surface area contributed by atoms with E-state index in [1.54, 1.807) is 6.92 Å². The first-order valence-corrected chi connectivity index (χ1v) is 2.89. The predicted molar refractivity (Wildman–Crippen MR) is 37.1 cm³/mol. The topological polar surface area (TPSA) is 78.0 Å². The average Bonchev–Trinajstić information content (AvgIpc) is 1.94. The van der Waals surface area contributed by atoms with E-state index < -0.39 is 11.7 Å². The zero-order valence-corrected chi connectivity index (χ0v) is 5.87. The van der Waals surface area contributed by atoms with Gasteiger partial charge in [-0.1, -0.05) is 0 Å². The van der Waals surface area contributed by atoms with E-state index in [0.717, 1.165) is 4.57 Å². The van der Waals surface area contributed by atoms with Crippen LogP contribution in [0, 0.1) is 13.1 Å². The molecule has 1 radical (unpaired) electrons. The Bertz CT molecular complexity index is 342. The molecule has 1 aromatic heterocycles. The van der Waals surface area contributed by atoms with Gasteiger partial charge in [-0.15, -0.1) is 0 Å². The van der Waals surface area contributed by atoms with Crippen molar-refractivity contribution in [3.8, 4) is 0 Å². The highest BCUT2D eigenvalue weighted by atomic mass is 16.2. The smallest absolute Gasteiger partial charge is 0.351 e. The Labute approximate surface area is 62.5 Å². The van der Waals surface area contributed by atoms with Crippen LogP contribution in [0.4, 0.5) is 4.79 Å². The molecule has 1 rings (SSSR count). The van der Waals surface area contributed by atoms with Gasteiger partial charge in [0.25, 0.3) is 0 Å². The summed E-state index contributed by atoms with van der Waals surface area (Å²) in [6, 6.07) is -0.834. The first kappa shape index (κ1) is 7.46. The van der Waals surface area contributed by atoms with Gasteiger partial charge in [-0.05, 0) is 12.5 Å². The molecule has 2 N–H and O–H groups in total. The number of hydrogen-bond donors (Lipinski definition) is 1. The first-order valence-electron chi connectivity index (χ1n) is 2.89. The number of carbonyl (C=O) groups excluding carboxylic acids is 1. The van der Waals surface area contributed by atoms with Gasteiger partial charge in [0.2, 0.25) is 0 Å². The van der Waals surface area contributed by atoms with Crippen LogP contribution in [-0.2, 0) is 0 Å². The highest BCUT2D eigenvalue weighted by Crippen LogP contribution is 1.86. The molecule has 5 nitrogen and oxygen atoms in total. The van der Waals surface area contributed by atoms with Crippen LogP contribution in [0.5, 0.6) is 0 Å². The molecule has 1 heterocycles. The maximum Gasteiger partial charge on any atom is 0.356 e. The average molecular weight is 152 g/mol. The summed E-state index contributed by atoms with van der Waals surface area (Å²) in [4.78, 5) is 24.5. The van der Waals surface area contributed by atoms with E-state index in [4.69, 9.17) is 5.73 Å². The van der Waals surface area contributed by atoms with Gasteiger partial charge in [0.05, 0.1) is 6.20 Å². The Morgan fingerprint density at radius 3 is 2.91 bits per heavy atom. The largest absolute Gasteiger partial charge is 0.356 e. The number of hydrogen-bond acceptors (Lipinski definition) is 3. The minimum absolute atomic E-state index is 0.586. The van der Waals surface area contributed by atoms with Crippen LogP contribution >= 0.6 is 0 Å². The zero-order chi connectivity index (χ0) is 8.43. The van der Waals surface area contributed by atoms with Crippen LogP contribution < -0.4 is 11.4 Å². The van der Waals surface area contributed by atoms with Gasteiger partial charge in [-0.2, -0.15) is 4.98 Å². The van der Waals surface area contributed by atoms with E-state index >= 15 is 0 Å². The molecular formula is C6H6N3O2. The van der Waals surface area contributed by atoms with E-state index in [2.05, 4.69) is 11.2 Å². The fraction of sp³-hybridized carbons (Fsp3) is 0.167. The van der Waals surface area contributed by atoms with Crippen LogP contribution in [0.25, 0.3) is 0 Å². The Morgan fingerprint density at radius 2 is 2.45 bits per heavy atom. The predicted octanol–water partition coefficient (Wildman–Crippen LogP) is -0.721. The molecule has 0 unspecified atom stereocenters. The van der Waals surface area contributed by atoms with Gasteiger partial charge < -0.3 is 5.73 Å². The minimum Gasteiger partial charge on any atom is -0.351 e. The lowest BCUT2D eigenvalue weighted by Gasteiger charge is -1.97. The molecule has 0 aliphatic carbocycles. The Hall–Kier alpha value is -1.65. The molecule has 0 bridgehead atoms. The SMILES string of the molecule is Cc1[c]nc(=O)n(C(N)=O)c1. The third-order valence-corrected chi connectivity index (χ3v) is 1.09. The summed E-state index contributed by atoms with van der Waals surface area (Å²) in [6.07, 6.45) is 3.69. The summed E-state index contributed by atoms with van der Waals surface area (Å²) in [5.74, 6) is 0. The molecule has 0 spiro atoms. The second-order valence-electron chi connectivity index (χ2n) is 2.03. The van der Waals surface area contributed by atoms with Gasteiger partial charge in [0.1, 0.15) is 0 Å². The highest BCUT2D eigenvalue weighted by molar-refractivity contribution is 5.74. The molecule has 57 valence electrons. The number of primary amides is 1. The standard InChI is InChI=1S/C6H6N3O2/c1-4-2-8-6(11)9(3-4)5(7)10/h3H,1H3,(H2,7,10). The molecular weight excluding hydrogens is 146 g/mol. The van der Waals surface area contributed by atoms with E-state index in [1.807, 2.05) is 0 Å². The van der Waals surface area contributed by atoms with Gasteiger partial charge in [0.15, 0.2) is 0 Å². The quantitative estimate of drug-likeness (QED) is 0.532. The second kappa shape index (κ2) is 2.53. The van der Waals surface area contributed by atoms with Crippen LogP contribution in [0.3, 0.4) is 0 Å². The van der Waals surface area contributed by atoms with Crippen molar-refractivity contribution in [1.82, 2.24) is 9.55 Å². The number of amides is 1. The second-order valence-corrected chi connectivity index (χ2v) is 2.03. The zero-order valence-electron chi connectivity index (χ0n) is 5.87. The lowest BCUT2D eigenvalue weighted by atomic mass is 10.4. The molecule has 0 aliphatic heterocycles. The van der Waals surface area contributed by atoms with Crippen LogP contribution in [-0.4, -0.2) is 15.6 Å². The number of aromatic nitrogens is 2. The van der Waals surface area contributed by atoms with E-state index in [1.165, 1.54) is 6.20 Å². The minimum atomic E-state index is -0.834. The van der Waals surface area contributed by atoms with Crippen LogP contribution in [0.2, 0.25) is 0 Å². The van der Waals surface area contributed by atoms with Crippen molar-refractivity contribution in [2.45, 2.75) is 6.92 Å². The number of aryl methyl sites for hydroxylation is 1. The summed E-state index contributed by atoms with van der Waals surface area (Å²) in [5.41, 5.74) is 4.73. The lowest BCUT2D eigenvalue weighted by Crippen LogP contribution is -2.32. The normalized spacial score (nSPS) is 9.55. The molecule has 0 aliphatic rings. The van der Waals surface area contributed by atoms with Crippen molar-refractivity contribution < 1.29 is 4.79 Å². The number of nitrogens with two attached hydrogens (primary N) is 1. The van der Waals surface area contributed by atoms with Crippen LogP contribution in [0.1, 0.15) is 5.56 Å². The molecule has 0 atom stereocenters. The maximum atomic E-state index is 10.7. The van der Waals surface area contributed by atoms with Gasteiger partial charge in [-0.25, -0.2) is 14.2 Å². The number of carbonyl (C=O) groups is 1. The van der Waals surface area contributed by atoms with Crippen molar-refractivity contribution in [3.63, 3.8) is 0 Å². The van der Waals surface area contributed by atoms with Crippen molar-refractivity contribution in [3.05, 3.63) is 28.4 Å². The van der Waals surface area contributed by atoms with Crippen LogP contribution in [0.15, 0.2) is 11.0 Å². The van der Waals surface area contributed by atoms with Crippen molar-refractivity contribution in [1.29, 1.82) is 0 Å². The van der Waals surface area contributed by atoms with E-state index in [-0.39, 0.29) is 0 Å². The molecule has 1 aromatic rings. The fourth-order valence-electron chi connectivity index (χ4n) is 0.625. The molecule has 11 heavy (non-hydrogen) atoms. The highest BCUT2D eigenvalue weighted by Gasteiger charge is 2.01. The maximum absolute atomic E-state index is 10.7. The van der Waals surface area contributed by atoms with Gasteiger partial charge in [-0.3, -0.25) is 0 Å². The van der Waals surface area contributed by atoms with E-state index in [9.17, 15) is 9.59 Å². The molecule has 0 saturated heterocycles. The summed E-state index contributed by atoms with van der Waals surface area (Å²) >= 11 is 0. The summed E-state index contributed by atoms with van der Waals surface area (Å²) in [6.45, 7) is 1.66. The molecule has 5 heteroatoms. The Balaban J connectivity index is 3.35.